The first-order valence-electron chi connectivity index (χ1n) is 9.13. The fraction of sp³-hybridized carbons (Fsp3) is 0.273. The number of carbonyl (C=O) groups excluding carboxylic acids is 1. The van der Waals surface area contributed by atoms with E-state index in [0.29, 0.717) is 28.3 Å². The van der Waals surface area contributed by atoms with Gasteiger partial charge in [0.25, 0.3) is 5.91 Å². The van der Waals surface area contributed by atoms with E-state index in [-0.39, 0.29) is 24.1 Å². The summed E-state index contributed by atoms with van der Waals surface area (Å²) in [5, 5.41) is 3.40. The van der Waals surface area contributed by atoms with Crippen molar-refractivity contribution in [1.82, 2.24) is 10.3 Å². The van der Waals surface area contributed by atoms with Gasteiger partial charge >= 0.3 is 0 Å². The minimum absolute atomic E-state index is 0.217. The third-order valence-corrected chi connectivity index (χ3v) is 4.52. The highest BCUT2D eigenvalue weighted by atomic mass is 19.1. The Morgan fingerprint density at radius 3 is 2.66 bits per heavy atom. The standard InChI is InChI=1S/C22H23FN2O4/c1-13-10-20(16-6-5-7-18(23)22(16)24-13)29-12-21(26)25-14(2)17-11-15(27-3)8-9-19(17)28-4/h5-11,14H,12H2,1-4H3,(H,25,26)/t14-/m0/s1. The summed E-state index contributed by atoms with van der Waals surface area (Å²) >= 11 is 0. The molecule has 0 saturated carbocycles. The van der Waals surface area contributed by atoms with Crippen LogP contribution in [-0.2, 0) is 4.79 Å². The average molecular weight is 398 g/mol. The van der Waals surface area contributed by atoms with Gasteiger partial charge in [-0.2, -0.15) is 0 Å². The van der Waals surface area contributed by atoms with Crippen LogP contribution in [0.2, 0.25) is 0 Å². The number of amides is 1. The van der Waals surface area contributed by atoms with Crippen molar-refractivity contribution >= 4 is 16.8 Å². The van der Waals surface area contributed by atoms with Gasteiger partial charge < -0.3 is 19.5 Å². The molecular weight excluding hydrogens is 375 g/mol. The molecule has 152 valence electrons. The van der Waals surface area contributed by atoms with Crippen molar-refractivity contribution in [2.45, 2.75) is 19.9 Å². The zero-order valence-corrected chi connectivity index (χ0v) is 16.8. The molecule has 3 rings (SSSR count). The Morgan fingerprint density at radius 1 is 1.14 bits per heavy atom. The molecular formula is C22H23FN2O4. The van der Waals surface area contributed by atoms with E-state index in [2.05, 4.69) is 10.3 Å². The second-order valence-electron chi connectivity index (χ2n) is 6.58. The Labute approximate surface area is 168 Å². The molecule has 0 aliphatic rings. The second kappa shape index (κ2) is 8.77. The molecule has 0 unspecified atom stereocenters. The van der Waals surface area contributed by atoms with Crippen LogP contribution in [0.25, 0.3) is 10.9 Å². The SMILES string of the molecule is COc1ccc(OC)c([C@H](C)NC(=O)COc2cc(C)nc3c(F)cccc23)c1. The zero-order chi connectivity index (χ0) is 21.0. The van der Waals surface area contributed by atoms with Crippen LogP contribution < -0.4 is 19.5 Å². The van der Waals surface area contributed by atoms with Gasteiger partial charge in [-0.05, 0) is 44.2 Å². The van der Waals surface area contributed by atoms with Crippen LogP contribution in [0.15, 0.2) is 42.5 Å². The van der Waals surface area contributed by atoms with Crippen molar-refractivity contribution in [3.63, 3.8) is 0 Å². The van der Waals surface area contributed by atoms with Crippen LogP contribution in [0, 0.1) is 12.7 Å². The van der Waals surface area contributed by atoms with Crippen molar-refractivity contribution in [3.05, 3.63) is 59.5 Å². The molecule has 0 aliphatic carbocycles. The highest BCUT2D eigenvalue weighted by Gasteiger charge is 2.16. The zero-order valence-electron chi connectivity index (χ0n) is 16.8. The molecule has 1 atom stereocenters. The minimum atomic E-state index is -0.431. The number of carbonyl (C=O) groups is 1. The molecule has 1 amide bonds. The van der Waals surface area contributed by atoms with Gasteiger partial charge in [0.2, 0.25) is 0 Å². The van der Waals surface area contributed by atoms with E-state index in [4.69, 9.17) is 14.2 Å². The Balaban J connectivity index is 1.73. The molecule has 0 bridgehead atoms. The molecule has 1 aromatic heterocycles. The van der Waals surface area contributed by atoms with Gasteiger partial charge in [0, 0.05) is 22.7 Å². The van der Waals surface area contributed by atoms with Crippen LogP contribution in [0.5, 0.6) is 17.2 Å². The number of halogens is 1. The summed E-state index contributed by atoms with van der Waals surface area (Å²) in [6, 6.07) is 11.4. The third-order valence-electron chi connectivity index (χ3n) is 4.52. The first-order chi connectivity index (χ1) is 13.9. The lowest BCUT2D eigenvalue weighted by atomic mass is 10.1. The third kappa shape index (κ3) is 4.56. The lowest BCUT2D eigenvalue weighted by Crippen LogP contribution is -2.31. The highest BCUT2D eigenvalue weighted by molar-refractivity contribution is 5.86. The Morgan fingerprint density at radius 2 is 1.93 bits per heavy atom. The predicted molar refractivity (Wildman–Crippen MR) is 108 cm³/mol. The lowest BCUT2D eigenvalue weighted by molar-refractivity contribution is -0.123. The number of hydrogen-bond donors (Lipinski definition) is 1. The monoisotopic (exact) mass is 398 g/mol. The first-order valence-corrected chi connectivity index (χ1v) is 9.13. The van der Waals surface area contributed by atoms with Crippen LogP contribution in [0.3, 0.4) is 0 Å². The Kier molecular flexibility index (Phi) is 6.16. The fourth-order valence-electron chi connectivity index (χ4n) is 3.11. The van der Waals surface area contributed by atoms with Crippen LogP contribution >= 0.6 is 0 Å². The summed E-state index contributed by atoms with van der Waals surface area (Å²) in [5.41, 5.74) is 1.61. The van der Waals surface area contributed by atoms with Gasteiger partial charge in [-0.3, -0.25) is 4.79 Å². The summed E-state index contributed by atoms with van der Waals surface area (Å²) in [6.07, 6.45) is 0. The molecule has 7 heteroatoms. The quantitative estimate of drug-likeness (QED) is 0.653. The predicted octanol–water partition coefficient (Wildman–Crippen LogP) is 3.96. The summed E-state index contributed by atoms with van der Waals surface area (Å²) < 4.78 is 30.3. The van der Waals surface area contributed by atoms with Gasteiger partial charge in [-0.25, -0.2) is 9.37 Å². The van der Waals surface area contributed by atoms with Gasteiger partial charge in [0.05, 0.1) is 20.3 Å². The van der Waals surface area contributed by atoms with Crippen molar-refractivity contribution in [2.24, 2.45) is 0 Å². The van der Waals surface area contributed by atoms with Crippen LogP contribution in [0.4, 0.5) is 4.39 Å². The van der Waals surface area contributed by atoms with E-state index in [1.807, 2.05) is 13.0 Å². The number of aryl methyl sites for hydroxylation is 1. The van der Waals surface area contributed by atoms with E-state index in [1.165, 1.54) is 6.07 Å². The number of methoxy groups -OCH3 is 2. The number of aromatic nitrogens is 1. The molecule has 3 aromatic rings. The summed E-state index contributed by atoms with van der Waals surface area (Å²) in [5.74, 6) is 0.971. The molecule has 0 fully saturated rings. The van der Waals surface area contributed by atoms with Crippen molar-refractivity contribution < 1.29 is 23.4 Å². The average Bonchev–Trinajstić information content (AvgIpc) is 2.72. The summed E-state index contributed by atoms with van der Waals surface area (Å²) in [6.45, 7) is 3.37. The van der Waals surface area contributed by atoms with Crippen molar-refractivity contribution in [2.75, 3.05) is 20.8 Å². The number of ether oxygens (including phenoxy) is 3. The molecule has 0 spiro atoms. The molecule has 6 nitrogen and oxygen atoms in total. The number of benzene rings is 2. The minimum Gasteiger partial charge on any atom is -0.497 e. The van der Waals surface area contributed by atoms with E-state index < -0.39 is 5.82 Å². The molecule has 0 saturated heterocycles. The first kappa shape index (κ1) is 20.4. The molecule has 1 heterocycles. The molecule has 29 heavy (non-hydrogen) atoms. The number of fused-ring (bicyclic) bond motifs is 1. The Hall–Kier alpha value is -3.35. The molecule has 1 N–H and O–H groups in total. The van der Waals surface area contributed by atoms with Crippen molar-refractivity contribution in [1.29, 1.82) is 0 Å². The number of pyridine rings is 1. The van der Waals surface area contributed by atoms with Gasteiger partial charge in [0.15, 0.2) is 6.61 Å². The Bertz CT molecular complexity index is 1040. The largest absolute Gasteiger partial charge is 0.497 e. The normalized spacial score (nSPS) is 11.8. The summed E-state index contributed by atoms with van der Waals surface area (Å²) in [4.78, 5) is 16.6. The maximum atomic E-state index is 14.0. The van der Waals surface area contributed by atoms with Crippen LogP contribution in [0.1, 0.15) is 24.2 Å². The number of rotatable bonds is 7. The molecule has 0 radical (unpaired) electrons. The lowest BCUT2D eigenvalue weighted by Gasteiger charge is -2.18. The topological polar surface area (TPSA) is 69.7 Å². The second-order valence-corrected chi connectivity index (χ2v) is 6.58. The maximum Gasteiger partial charge on any atom is 0.258 e. The number of hydrogen-bond acceptors (Lipinski definition) is 5. The van der Waals surface area contributed by atoms with E-state index in [1.54, 1.807) is 51.5 Å². The molecule has 2 aromatic carbocycles. The van der Waals surface area contributed by atoms with Gasteiger partial charge in [-0.15, -0.1) is 0 Å². The summed E-state index contributed by atoms with van der Waals surface area (Å²) in [7, 11) is 3.14. The van der Waals surface area contributed by atoms with E-state index in [0.717, 1.165) is 5.56 Å². The highest BCUT2D eigenvalue weighted by Crippen LogP contribution is 2.30. The van der Waals surface area contributed by atoms with Crippen molar-refractivity contribution in [3.8, 4) is 17.2 Å². The van der Waals surface area contributed by atoms with Gasteiger partial charge in [0.1, 0.15) is 28.6 Å². The van der Waals surface area contributed by atoms with Gasteiger partial charge in [-0.1, -0.05) is 6.07 Å². The number of nitrogens with zero attached hydrogens (tertiary/aromatic N) is 1. The molecule has 0 aliphatic heterocycles. The maximum absolute atomic E-state index is 14.0. The van der Waals surface area contributed by atoms with Crippen LogP contribution in [-0.4, -0.2) is 31.7 Å². The van der Waals surface area contributed by atoms with E-state index in [9.17, 15) is 9.18 Å². The number of para-hydroxylation sites is 1. The number of nitrogens with one attached hydrogen (secondary N) is 1. The smallest absolute Gasteiger partial charge is 0.258 e. The van der Waals surface area contributed by atoms with E-state index >= 15 is 0 Å². The fourth-order valence-corrected chi connectivity index (χ4v) is 3.11.